The van der Waals surface area contributed by atoms with Gasteiger partial charge in [0.2, 0.25) is 5.92 Å². The summed E-state index contributed by atoms with van der Waals surface area (Å²) in [4.78, 5) is 0. The highest BCUT2D eigenvalue weighted by atomic mass is 19.3. The van der Waals surface area contributed by atoms with Crippen molar-refractivity contribution in [3.05, 3.63) is 0 Å². The molecule has 16 heavy (non-hydrogen) atoms. The molecule has 1 atom stereocenters. The lowest BCUT2D eigenvalue weighted by atomic mass is 9.80. The van der Waals surface area contributed by atoms with Crippen molar-refractivity contribution in [2.75, 3.05) is 6.54 Å². The largest absolute Gasteiger partial charge is 0.314 e. The molecule has 0 aromatic carbocycles. The Morgan fingerprint density at radius 3 is 2.38 bits per heavy atom. The Bertz CT molecular complexity index is 184. The van der Waals surface area contributed by atoms with Gasteiger partial charge in [0, 0.05) is 18.9 Å². The van der Waals surface area contributed by atoms with Gasteiger partial charge in [0.15, 0.2) is 0 Å². The summed E-state index contributed by atoms with van der Waals surface area (Å²) in [5, 5.41) is 3.47. The maximum absolute atomic E-state index is 13.1. The molecule has 96 valence electrons. The van der Waals surface area contributed by atoms with Gasteiger partial charge in [-0.05, 0) is 31.7 Å². The van der Waals surface area contributed by atoms with Crippen molar-refractivity contribution >= 4 is 0 Å². The number of alkyl halides is 2. The molecule has 0 heterocycles. The molecule has 0 bridgehead atoms. The lowest BCUT2D eigenvalue weighted by Gasteiger charge is -2.34. The van der Waals surface area contributed by atoms with Crippen molar-refractivity contribution in [3.63, 3.8) is 0 Å². The minimum Gasteiger partial charge on any atom is -0.314 e. The normalized spacial score (nSPS) is 23.2. The Kier molecular flexibility index (Phi) is 5.67. The quantitative estimate of drug-likeness (QED) is 0.731. The molecule has 3 heteroatoms. The molecule has 0 amide bonds. The number of halogens is 2. The van der Waals surface area contributed by atoms with Crippen LogP contribution in [0.3, 0.4) is 0 Å². The third-order valence-electron chi connectivity index (χ3n) is 3.67. The Balaban J connectivity index is 2.39. The fraction of sp³-hybridized carbons (Fsp3) is 1.00. The van der Waals surface area contributed by atoms with E-state index in [4.69, 9.17) is 0 Å². The minimum absolute atomic E-state index is 0.0890. The Labute approximate surface area is 98.0 Å². The molecule has 0 radical (unpaired) electrons. The Hall–Kier alpha value is -0.180. The first kappa shape index (κ1) is 13.9. The summed E-state index contributed by atoms with van der Waals surface area (Å²) in [6.07, 6.45) is 5.08. The fourth-order valence-electron chi connectivity index (χ4n) is 2.66. The monoisotopic (exact) mass is 233 g/mol. The van der Waals surface area contributed by atoms with E-state index in [0.717, 1.165) is 13.0 Å². The maximum atomic E-state index is 13.1. The SMILES string of the molecule is CCCCC(NCC)C1CCC(F)(F)CC1. The van der Waals surface area contributed by atoms with Crippen molar-refractivity contribution in [1.29, 1.82) is 0 Å². The highest BCUT2D eigenvalue weighted by molar-refractivity contribution is 4.84. The lowest BCUT2D eigenvalue weighted by molar-refractivity contribution is -0.0498. The van der Waals surface area contributed by atoms with Crippen molar-refractivity contribution in [2.45, 2.75) is 70.8 Å². The van der Waals surface area contributed by atoms with Gasteiger partial charge in [-0.15, -0.1) is 0 Å². The van der Waals surface area contributed by atoms with E-state index in [1.165, 1.54) is 12.8 Å². The smallest absolute Gasteiger partial charge is 0.248 e. The predicted molar refractivity (Wildman–Crippen MR) is 63.9 cm³/mol. The maximum Gasteiger partial charge on any atom is 0.248 e. The highest BCUT2D eigenvalue weighted by Crippen LogP contribution is 2.38. The third kappa shape index (κ3) is 4.36. The molecule has 1 aliphatic rings. The van der Waals surface area contributed by atoms with E-state index >= 15 is 0 Å². The third-order valence-corrected chi connectivity index (χ3v) is 3.67. The molecule has 1 N–H and O–H groups in total. The molecular weight excluding hydrogens is 208 g/mol. The van der Waals surface area contributed by atoms with Gasteiger partial charge in [-0.2, -0.15) is 0 Å². The molecular formula is C13H25F2N. The zero-order valence-corrected chi connectivity index (χ0v) is 10.6. The Morgan fingerprint density at radius 2 is 1.88 bits per heavy atom. The first-order valence-electron chi connectivity index (χ1n) is 6.70. The first-order valence-corrected chi connectivity index (χ1v) is 6.70. The molecule has 1 rings (SSSR count). The number of nitrogens with one attached hydrogen (secondary N) is 1. The molecule has 1 saturated carbocycles. The number of rotatable bonds is 6. The lowest BCUT2D eigenvalue weighted by Crippen LogP contribution is -2.39. The van der Waals surface area contributed by atoms with Crippen molar-refractivity contribution < 1.29 is 8.78 Å². The van der Waals surface area contributed by atoms with Crippen molar-refractivity contribution in [2.24, 2.45) is 5.92 Å². The van der Waals surface area contributed by atoms with Crippen LogP contribution in [0.15, 0.2) is 0 Å². The van der Waals surface area contributed by atoms with Gasteiger partial charge >= 0.3 is 0 Å². The number of hydrogen-bond donors (Lipinski definition) is 1. The second-order valence-electron chi connectivity index (χ2n) is 5.00. The molecule has 0 aromatic heterocycles. The van der Waals surface area contributed by atoms with E-state index in [1.54, 1.807) is 0 Å². The van der Waals surface area contributed by atoms with Gasteiger partial charge in [0.25, 0.3) is 0 Å². The number of hydrogen-bond acceptors (Lipinski definition) is 1. The van der Waals surface area contributed by atoms with Crippen LogP contribution in [0.25, 0.3) is 0 Å². The van der Waals surface area contributed by atoms with Gasteiger partial charge in [0.1, 0.15) is 0 Å². The fourth-order valence-corrected chi connectivity index (χ4v) is 2.66. The summed E-state index contributed by atoms with van der Waals surface area (Å²) in [5.74, 6) is -1.93. The summed E-state index contributed by atoms with van der Waals surface area (Å²) < 4.78 is 26.1. The molecule has 1 nitrogen and oxygen atoms in total. The summed E-state index contributed by atoms with van der Waals surface area (Å²) in [6.45, 7) is 5.22. The summed E-state index contributed by atoms with van der Waals surface area (Å²) in [6, 6.07) is 0.459. The van der Waals surface area contributed by atoms with Crippen LogP contribution in [-0.4, -0.2) is 18.5 Å². The van der Waals surface area contributed by atoms with Crippen LogP contribution in [0.1, 0.15) is 58.8 Å². The summed E-state index contributed by atoms with van der Waals surface area (Å²) in [7, 11) is 0. The first-order chi connectivity index (χ1) is 7.59. The van der Waals surface area contributed by atoms with E-state index in [9.17, 15) is 8.78 Å². The van der Waals surface area contributed by atoms with Gasteiger partial charge in [-0.25, -0.2) is 8.78 Å². The predicted octanol–water partition coefficient (Wildman–Crippen LogP) is 3.98. The van der Waals surface area contributed by atoms with Crippen LogP contribution < -0.4 is 5.32 Å². The summed E-state index contributed by atoms with van der Waals surface area (Å²) in [5.41, 5.74) is 0. The Morgan fingerprint density at radius 1 is 1.25 bits per heavy atom. The van der Waals surface area contributed by atoms with Crippen LogP contribution in [0.4, 0.5) is 8.78 Å². The van der Waals surface area contributed by atoms with Gasteiger partial charge < -0.3 is 5.32 Å². The topological polar surface area (TPSA) is 12.0 Å². The number of unbranched alkanes of at least 4 members (excludes halogenated alkanes) is 1. The van der Waals surface area contributed by atoms with E-state index in [0.29, 0.717) is 24.8 Å². The van der Waals surface area contributed by atoms with Crippen LogP contribution in [-0.2, 0) is 0 Å². The van der Waals surface area contributed by atoms with Crippen LogP contribution in [0.2, 0.25) is 0 Å². The zero-order chi connectivity index (χ0) is 12.0. The van der Waals surface area contributed by atoms with Gasteiger partial charge in [0.05, 0.1) is 0 Å². The second kappa shape index (κ2) is 6.53. The van der Waals surface area contributed by atoms with Crippen LogP contribution in [0.5, 0.6) is 0 Å². The molecule has 0 aliphatic heterocycles. The molecule has 1 unspecified atom stereocenters. The van der Waals surface area contributed by atoms with Crippen molar-refractivity contribution in [3.8, 4) is 0 Å². The average Bonchev–Trinajstić information content (AvgIpc) is 2.25. The second-order valence-corrected chi connectivity index (χ2v) is 5.00. The van der Waals surface area contributed by atoms with Crippen LogP contribution in [0, 0.1) is 5.92 Å². The van der Waals surface area contributed by atoms with Crippen molar-refractivity contribution in [1.82, 2.24) is 5.32 Å². The van der Waals surface area contributed by atoms with Gasteiger partial charge in [-0.1, -0.05) is 26.7 Å². The molecule has 0 aromatic rings. The molecule has 1 aliphatic carbocycles. The van der Waals surface area contributed by atoms with E-state index < -0.39 is 5.92 Å². The molecule has 0 spiro atoms. The van der Waals surface area contributed by atoms with E-state index in [1.807, 2.05) is 0 Å². The molecule has 1 fully saturated rings. The zero-order valence-electron chi connectivity index (χ0n) is 10.6. The highest BCUT2D eigenvalue weighted by Gasteiger charge is 2.37. The standard InChI is InChI=1S/C13H25F2N/c1-3-5-6-12(16-4-2)11-7-9-13(14,15)10-8-11/h11-12,16H,3-10H2,1-2H3. The molecule has 0 saturated heterocycles. The van der Waals surface area contributed by atoms with E-state index in [-0.39, 0.29) is 12.8 Å². The summed E-state index contributed by atoms with van der Waals surface area (Å²) >= 11 is 0. The van der Waals surface area contributed by atoms with Crippen LogP contribution >= 0.6 is 0 Å². The van der Waals surface area contributed by atoms with Gasteiger partial charge in [-0.3, -0.25) is 0 Å². The average molecular weight is 233 g/mol. The van der Waals surface area contributed by atoms with E-state index in [2.05, 4.69) is 19.2 Å². The minimum atomic E-state index is -2.39.